The Hall–Kier alpha value is -1.43. The van der Waals surface area contributed by atoms with Crippen molar-refractivity contribution in [1.29, 1.82) is 0 Å². The molecule has 2 amide bonds. The number of carbonyl (C=O) groups is 2. The largest absolute Gasteiger partial charge is 0.394 e. The SMILES string of the molecule is CC[C@@H](CO)NC(=O)C1=NN(C)C(=O)CC1. The first kappa shape index (κ1) is 12.6. The number of hydrogen-bond acceptors (Lipinski definition) is 4. The van der Waals surface area contributed by atoms with E-state index in [2.05, 4.69) is 10.4 Å². The van der Waals surface area contributed by atoms with Gasteiger partial charge in [-0.1, -0.05) is 6.92 Å². The van der Waals surface area contributed by atoms with E-state index < -0.39 is 0 Å². The fraction of sp³-hybridized carbons (Fsp3) is 0.700. The predicted molar refractivity (Wildman–Crippen MR) is 58.7 cm³/mol. The van der Waals surface area contributed by atoms with Crippen LogP contribution < -0.4 is 5.32 Å². The van der Waals surface area contributed by atoms with E-state index in [-0.39, 0.29) is 24.5 Å². The maximum Gasteiger partial charge on any atom is 0.267 e. The number of nitrogens with one attached hydrogen (secondary N) is 1. The highest BCUT2D eigenvalue weighted by atomic mass is 16.3. The minimum absolute atomic E-state index is 0.0919. The molecule has 1 rings (SSSR count). The van der Waals surface area contributed by atoms with Crippen molar-refractivity contribution >= 4 is 17.5 Å². The quantitative estimate of drug-likeness (QED) is 0.678. The molecule has 2 N–H and O–H groups in total. The summed E-state index contributed by atoms with van der Waals surface area (Å²) < 4.78 is 0. The van der Waals surface area contributed by atoms with E-state index >= 15 is 0 Å². The third-order valence-corrected chi connectivity index (χ3v) is 2.52. The molecule has 90 valence electrons. The molecule has 1 atom stereocenters. The van der Waals surface area contributed by atoms with E-state index in [9.17, 15) is 9.59 Å². The van der Waals surface area contributed by atoms with Crippen LogP contribution in [0, 0.1) is 0 Å². The van der Waals surface area contributed by atoms with Gasteiger partial charge in [-0.15, -0.1) is 0 Å². The zero-order valence-corrected chi connectivity index (χ0v) is 9.56. The van der Waals surface area contributed by atoms with Crippen LogP contribution in [0.2, 0.25) is 0 Å². The maximum absolute atomic E-state index is 11.7. The van der Waals surface area contributed by atoms with Crippen LogP contribution in [0.25, 0.3) is 0 Å². The highest BCUT2D eigenvalue weighted by Crippen LogP contribution is 2.07. The summed E-state index contributed by atoms with van der Waals surface area (Å²) in [5.41, 5.74) is 0.342. The number of hydrazone groups is 1. The van der Waals surface area contributed by atoms with Crippen LogP contribution in [0.1, 0.15) is 26.2 Å². The van der Waals surface area contributed by atoms with Crippen molar-refractivity contribution in [1.82, 2.24) is 10.3 Å². The molecule has 6 heteroatoms. The summed E-state index contributed by atoms with van der Waals surface area (Å²) in [7, 11) is 1.53. The second kappa shape index (κ2) is 5.60. The first-order valence-corrected chi connectivity index (χ1v) is 5.34. The van der Waals surface area contributed by atoms with Gasteiger partial charge < -0.3 is 10.4 Å². The smallest absolute Gasteiger partial charge is 0.267 e. The second-order valence-corrected chi connectivity index (χ2v) is 3.73. The number of aliphatic hydroxyl groups excluding tert-OH is 1. The van der Waals surface area contributed by atoms with Crippen LogP contribution in [0.15, 0.2) is 5.10 Å². The van der Waals surface area contributed by atoms with E-state index in [1.807, 2.05) is 6.92 Å². The summed E-state index contributed by atoms with van der Waals surface area (Å²) in [4.78, 5) is 22.8. The van der Waals surface area contributed by atoms with Crippen LogP contribution in [0.3, 0.4) is 0 Å². The number of rotatable bonds is 4. The number of nitrogens with zero attached hydrogens (tertiary/aromatic N) is 2. The van der Waals surface area contributed by atoms with Gasteiger partial charge in [0.1, 0.15) is 5.71 Å². The van der Waals surface area contributed by atoms with Crippen molar-refractivity contribution in [3.05, 3.63) is 0 Å². The fourth-order valence-corrected chi connectivity index (χ4v) is 1.38. The minimum atomic E-state index is -0.305. The third-order valence-electron chi connectivity index (χ3n) is 2.52. The molecule has 0 aromatic carbocycles. The van der Waals surface area contributed by atoms with E-state index in [0.717, 1.165) is 0 Å². The molecule has 0 aromatic heterocycles. The van der Waals surface area contributed by atoms with Crippen molar-refractivity contribution < 1.29 is 14.7 Å². The normalized spacial score (nSPS) is 18.1. The molecular weight excluding hydrogens is 210 g/mol. The van der Waals surface area contributed by atoms with Crippen LogP contribution in [0.5, 0.6) is 0 Å². The number of hydrogen-bond donors (Lipinski definition) is 2. The topological polar surface area (TPSA) is 82.0 Å². The molecule has 0 spiro atoms. The van der Waals surface area contributed by atoms with Gasteiger partial charge in [-0.2, -0.15) is 5.10 Å². The van der Waals surface area contributed by atoms with Gasteiger partial charge in [-0.05, 0) is 6.42 Å². The molecule has 0 fully saturated rings. The lowest BCUT2D eigenvalue weighted by molar-refractivity contribution is -0.130. The van der Waals surface area contributed by atoms with Gasteiger partial charge >= 0.3 is 0 Å². The van der Waals surface area contributed by atoms with E-state index in [0.29, 0.717) is 25.0 Å². The standard InChI is InChI=1S/C10H17N3O3/c1-3-7(6-14)11-10(16)8-4-5-9(15)13(2)12-8/h7,14H,3-6H2,1-2H3,(H,11,16)/t7-/m0/s1. The maximum atomic E-state index is 11.7. The zero-order chi connectivity index (χ0) is 12.1. The highest BCUT2D eigenvalue weighted by Gasteiger charge is 2.22. The molecule has 6 nitrogen and oxygen atoms in total. The second-order valence-electron chi connectivity index (χ2n) is 3.73. The summed E-state index contributed by atoms with van der Waals surface area (Å²) in [5, 5.41) is 16.7. The van der Waals surface area contributed by atoms with Gasteiger partial charge in [0.15, 0.2) is 0 Å². The average molecular weight is 227 g/mol. The minimum Gasteiger partial charge on any atom is -0.394 e. The Labute approximate surface area is 94.3 Å². The van der Waals surface area contributed by atoms with Crippen LogP contribution >= 0.6 is 0 Å². The summed E-state index contributed by atoms with van der Waals surface area (Å²) in [5.74, 6) is -0.397. The summed E-state index contributed by atoms with van der Waals surface area (Å²) in [6.45, 7) is 1.78. The van der Waals surface area contributed by atoms with Gasteiger partial charge in [-0.25, -0.2) is 5.01 Å². The third kappa shape index (κ3) is 3.03. The van der Waals surface area contributed by atoms with E-state index in [1.165, 1.54) is 12.1 Å². The van der Waals surface area contributed by atoms with Gasteiger partial charge in [0, 0.05) is 19.9 Å². The predicted octanol–water partition coefficient (Wildman–Crippen LogP) is -0.518. The molecule has 0 unspecified atom stereocenters. The Morgan fingerprint density at radius 3 is 2.81 bits per heavy atom. The Balaban J connectivity index is 2.61. The molecular formula is C10H17N3O3. The fourth-order valence-electron chi connectivity index (χ4n) is 1.38. The molecule has 1 aliphatic rings. The molecule has 1 aliphatic heterocycles. The molecule has 0 radical (unpaired) electrons. The van der Waals surface area contributed by atoms with Gasteiger partial charge in [0.25, 0.3) is 5.91 Å². The molecule has 16 heavy (non-hydrogen) atoms. The molecule has 0 saturated carbocycles. The average Bonchev–Trinajstić information content (AvgIpc) is 2.29. The van der Waals surface area contributed by atoms with Crippen LogP contribution in [-0.2, 0) is 9.59 Å². The molecule has 0 aliphatic carbocycles. The van der Waals surface area contributed by atoms with Crippen LogP contribution in [-0.4, -0.2) is 47.3 Å². The first-order chi connectivity index (χ1) is 7.58. The summed E-state index contributed by atoms with van der Waals surface area (Å²) in [6, 6.07) is -0.252. The number of amides is 2. The number of aliphatic hydroxyl groups is 1. The zero-order valence-electron chi connectivity index (χ0n) is 9.56. The Bertz CT molecular complexity index is 310. The highest BCUT2D eigenvalue weighted by molar-refractivity contribution is 6.39. The Morgan fingerprint density at radius 2 is 2.31 bits per heavy atom. The summed E-state index contributed by atoms with van der Waals surface area (Å²) >= 11 is 0. The molecule has 0 aromatic rings. The van der Waals surface area contributed by atoms with Crippen molar-refractivity contribution in [2.24, 2.45) is 5.10 Å². The lowest BCUT2D eigenvalue weighted by atomic mass is 10.1. The molecule has 0 bridgehead atoms. The Kier molecular flexibility index (Phi) is 4.42. The van der Waals surface area contributed by atoms with E-state index in [1.54, 1.807) is 0 Å². The lowest BCUT2D eigenvalue weighted by Crippen LogP contribution is -2.43. The molecule has 1 heterocycles. The van der Waals surface area contributed by atoms with Crippen molar-refractivity contribution in [3.63, 3.8) is 0 Å². The van der Waals surface area contributed by atoms with Crippen molar-refractivity contribution in [2.45, 2.75) is 32.2 Å². The number of carbonyl (C=O) groups excluding carboxylic acids is 2. The van der Waals surface area contributed by atoms with Gasteiger partial charge in [0.2, 0.25) is 5.91 Å². The van der Waals surface area contributed by atoms with Gasteiger partial charge in [0.05, 0.1) is 12.6 Å². The monoisotopic (exact) mass is 227 g/mol. The van der Waals surface area contributed by atoms with Crippen LogP contribution in [0.4, 0.5) is 0 Å². The molecule has 0 saturated heterocycles. The van der Waals surface area contributed by atoms with E-state index in [4.69, 9.17) is 5.11 Å². The van der Waals surface area contributed by atoms with Crippen molar-refractivity contribution in [2.75, 3.05) is 13.7 Å². The first-order valence-electron chi connectivity index (χ1n) is 5.34. The van der Waals surface area contributed by atoms with Crippen molar-refractivity contribution in [3.8, 4) is 0 Å². The van der Waals surface area contributed by atoms with Gasteiger partial charge in [-0.3, -0.25) is 9.59 Å². The lowest BCUT2D eigenvalue weighted by Gasteiger charge is -2.20. The summed E-state index contributed by atoms with van der Waals surface area (Å²) in [6.07, 6.45) is 1.32. The Morgan fingerprint density at radius 1 is 1.62 bits per heavy atom.